The van der Waals surface area contributed by atoms with Gasteiger partial charge in [-0.15, -0.1) is 0 Å². The van der Waals surface area contributed by atoms with E-state index in [4.69, 9.17) is 0 Å². The fourth-order valence-corrected chi connectivity index (χ4v) is 1.62. The summed E-state index contributed by atoms with van der Waals surface area (Å²) < 4.78 is 0. The van der Waals surface area contributed by atoms with Gasteiger partial charge in [-0.2, -0.15) is 0 Å². The summed E-state index contributed by atoms with van der Waals surface area (Å²) in [6.45, 7) is 7.87. The molecule has 0 aromatic rings. The minimum Gasteiger partial charge on any atom is -0.373 e. The molecule has 1 rings (SSSR count). The first-order chi connectivity index (χ1) is 4.75. The topological polar surface area (TPSA) is 3.24 Å². The Morgan fingerprint density at radius 1 is 1.60 bits per heavy atom. The average molecular weight is 139 g/mol. The lowest BCUT2D eigenvalue weighted by molar-refractivity contribution is 0.340. The highest BCUT2D eigenvalue weighted by Crippen LogP contribution is 2.20. The molecule has 0 spiro atoms. The third-order valence-corrected chi connectivity index (χ3v) is 2.42. The summed E-state index contributed by atoms with van der Waals surface area (Å²) in [4.78, 5) is 2.49. The number of nitrogens with zero attached hydrogens (tertiary/aromatic N) is 1. The Morgan fingerprint density at radius 3 is 2.70 bits per heavy atom. The highest BCUT2D eigenvalue weighted by molar-refractivity contribution is 4.99. The first kappa shape index (κ1) is 7.64. The van der Waals surface area contributed by atoms with Crippen LogP contribution in [0.15, 0.2) is 11.8 Å². The summed E-state index contributed by atoms with van der Waals surface area (Å²) in [6, 6.07) is 0.774. The normalized spacial score (nSPS) is 27.7. The van der Waals surface area contributed by atoms with E-state index in [0.717, 1.165) is 6.04 Å². The summed E-state index contributed by atoms with van der Waals surface area (Å²) in [5, 5.41) is 0. The molecule has 0 aromatic heterocycles. The molecule has 58 valence electrons. The van der Waals surface area contributed by atoms with Crippen molar-refractivity contribution in [1.82, 2.24) is 4.90 Å². The van der Waals surface area contributed by atoms with Crippen LogP contribution in [0.3, 0.4) is 0 Å². The lowest BCUT2D eigenvalue weighted by Gasteiger charge is -2.23. The van der Waals surface area contributed by atoms with Crippen LogP contribution in [0.4, 0.5) is 0 Å². The van der Waals surface area contributed by atoms with Crippen molar-refractivity contribution in [3.8, 4) is 0 Å². The Bertz CT molecular complexity index is 138. The smallest absolute Gasteiger partial charge is 0.0259 e. The van der Waals surface area contributed by atoms with Gasteiger partial charge in [-0.25, -0.2) is 0 Å². The monoisotopic (exact) mass is 139 g/mol. The van der Waals surface area contributed by atoms with Crippen molar-refractivity contribution >= 4 is 0 Å². The zero-order valence-corrected chi connectivity index (χ0v) is 7.22. The van der Waals surface area contributed by atoms with E-state index in [1.165, 1.54) is 25.1 Å². The zero-order chi connectivity index (χ0) is 7.56. The Kier molecular flexibility index (Phi) is 2.36. The number of hydrogen-bond acceptors (Lipinski definition) is 1. The molecule has 1 atom stereocenters. The summed E-state index contributed by atoms with van der Waals surface area (Å²) in [7, 11) is 0. The van der Waals surface area contributed by atoms with Gasteiger partial charge in [0, 0.05) is 18.3 Å². The second-order valence-electron chi connectivity index (χ2n) is 3.11. The maximum atomic E-state index is 2.49. The van der Waals surface area contributed by atoms with E-state index in [9.17, 15) is 0 Å². The van der Waals surface area contributed by atoms with Crippen molar-refractivity contribution in [2.24, 2.45) is 0 Å². The number of rotatable bonds is 1. The Morgan fingerprint density at radius 2 is 2.30 bits per heavy atom. The largest absolute Gasteiger partial charge is 0.373 e. The molecular weight excluding hydrogens is 122 g/mol. The van der Waals surface area contributed by atoms with E-state index < -0.39 is 0 Å². The van der Waals surface area contributed by atoms with Gasteiger partial charge in [0.1, 0.15) is 0 Å². The van der Waals surface area contributed by atoms with E-state index in [1.54, 1.807) is 0 Å². The maximum absolute atomic E-state index is 2.49. The molecule has 0 radical (unpaired) electrons. The fraction of sp³-hybridized carbons (Fsp3) is 0.778. The Labute approximate surface area is 63.7 Å². The fourth-order valence-electron chi connectivity index (χ4n) is 1.62. The van der Waals surface area contributed by atoms with Crippen molar-refractivity contribution in [3.63, 3.8) is 0 Å². The van der Waals surface area contributed by atoms with Crippen LogP contribution in [-0.4, -0.2) is 17.5 Å². The van der Waals surface area contributed by atoms with E-state index in [1.807, 2.05) is 0 Å². The van der Waals surface area contributed by atoms with Gasteiger partial charge < -0.3 is 4.90 Å². The standard InChI is InChI=1S/C9H17N/c1-4-8(2)10-7-5-6-9(10)3/h4,9H,5-7H2,1-3H3/t9-/m0/s1. The lowest BCUT2D eigenvalue weighted by Crippen LogP contribution is -2.24. The first-order valence-corrected chi connectivity index (χ1v) is 4.15. The minimum atomic E-state index is 0.774. The molecular formula is C9H17N. The van der Waals surface area contributed by atoms with Crippen molar-refractivity contribution < 1.29 is 0 Å². The molecule has 1 aliphatic rings. The van der Waals surface area contributed by atoms with Crippen LogP contribution >= 0.6 is 0 Å². The molecule has 0 aliphatic carbocycles. The second kappa shape index (κ2) is 3.09. The van der Waals surface area contributed by atoms with Crippen LogP contribution in [0.25, 0.3) is 0 Å². The second-order valence-corrected chi connectivity index (χ2v) is 3.11. The van der Waals surface area contributed by atoms with E-state index in [0.29, 0.717) is 0 Å². The van der Waals surface area contributed by atoms with E-state index >= 15 is 0 Å². The van der Waals surface area contributed by atoms with Crippen molar-refractivity contribution in [1.29, 1.82) is 0 Å². The summed E-state index contributed by atoms with van der Waals surface area (Å²) in [6.07, 6.45) is 4.93. The van der Waals surface area contributed by atoms with Gasteiger partial charge in [0.15, 0.2) is 0 Å². The maximum Gasteiger partial charge on any atom is 0.0259 e. The first-order valence-electron chi connectivity index (χ1n) is 4.15. The molecule has 0 bridgehead atoms. The average Bonchev–Trinajstić information content (AvgIpc) is 2.34. The molecule has 1 heteroatoms. The molecule has 1 nitrogen and oxygen atoms in total. The van der Waals surface area contributed by atoms with Crippen molar-refractivity contribution in [2.45, 2.75) is 39.7 Å². The van der Waals surface area contributed by atoms with E-state index in [-0.39, 0.29) is 0 Å². The highest BCUT2D eigenvalue weighted by atomic mass is 15.2. The highest BCUT2D eigenvalue weighted by Gasteiger charge is 2.18. The molecule has 1 aliphatic heterocycles. The number of likely N-dealkylation sites (tertiary alicyclic amines) is 1. The van der Waals surface area contributed by atoms with Gasteiger partial charge in [-0.1, -0.05) is 6.08 Å². The van der Waals surface area contributed by atoms with Crippen LogP contribution in [0.2, 0.25) is 0 Å². The molecule has 10 heavy (non-hydrogen) atoms. The Balaban J connectivity index is 2.55. The molecule has 1 saturated heterocycles. The minimum absolute atomic E-state index is 0.774. The van der Waals surface area contributed by atoms with Gasteiger partial charge >= 0.3 is 0 Å². The third-order valence-electron chi connectivity index (χ3n) is 2.42. The molecule has 1 heterocycles. The molecule has 0 amide bonds. The third kappa shape index (κ3) is 1.34. The molecule has 1 fully saturated rings. The van der Waals surface area contributed by atoms with Gasteiger partial charge in [0.05, 0.1) is 0 Å². The zero-order valence-electron chi connectivity index (χ0n) is 7.22. The molecule has 0 aromatic carbocycles. The predicted molar refractivity (Wildman–Crippen MR) is 44.8 cm³/mol. The molecule has 0 unspecified atom stereocenters. The van der Waals surface area contributed by atoms with Gasteiger partial charge in [-0.3, -0.25) is 0 Å². The van der Waals surface area contributed by atoms with Crippen molar-refractivity contribution in [3.05, 3.63) is 11.8 Å². The van der Waals surface area contributed by atoms with Crippen LogP contribution in [0.1, 0.15) is 33.6 Å². The SMILES string of the molecule is CC=C(C)N1CCC[C@@H]1C. The van der Waals surface area contributed by atoms with Crippen molar-refractivity contribution in [2.75, 3.05) is 6.54 Å². The van der Waals surface area contributed by atoms with Crippen LogP contribution < -0.4 is 0 Å². The van der Waals surface area contributed by atoms with Gasteiger partial charge in [-0.05, 0) is 33.6 Å². The summed E-state index contributed by atoms with van der Waals surface area (Å²) in [5.74, 6) is 0. The number of hydrogen-bond donors (Lipinski definition) is 0. The predicted octanol–water partition coefficient (Wildman–Crippen LogP) is 2.39. The lowest BCUT2D eigenvalue weighted by atomic mass is 10.2. The molecule has 0 N–H and O–H groups in total. The van der Waals surface area contributed by atoms with E-state index in [2.05, 4.69) is 31.7 Å². The molecule has 0 saturated carbocycles. The van der Waals surface area contributed by atoms with Crippen LogP contribution in [-0.2, 0) is 0 Å². The van der Waals surface area contributed by atoms with Crippen LogP contribution in [0, 0.1) is 0 Å². The Hall–Kier alpha value is -0.460. The summed E-state index contributed by atoms with van der Waals surface area (Å²) in [5.41, 5.74) is 1.44. The van der Waals surface area contributed by atoms with Gasteiger partial charge in [0.2, 0.25) is 0 Å². The summed E-state index contributed by atoms with van der Waals surface area (Å²) >= 11 is 0. The quantitative estimate of drug-likeness (QED) is 0.539. The van der Waals surface area contributed by atoms with Gasteiger partial charge in [0.25, 0.3) is 0 Å². The van der Waals surface area contributed by atoms with Crippen LogP contribution in [0.5, 0.6) is 0 Å². The number of allylic oxidation sites excluding steroid dienone is 2.